The van der Waals surface area contributed by atoms with Crippen LogP contribution in [-0.2, 0) is 0 Å². The van der Waals surface area contributed by atoms with Gasteiger partial charge in [0.25, 0.3) is 5.91 Å². The molecule has 2 aromatic rings. The van der Waals surface area contributed by atoms with Crippen molar-refractivity contribution in [1.29, 1.82) is 0 Å². The summed E-state index contributed by atoms with van der Waals surface area (Å²) in [5.41, 5.74) is 2.34. The first-order valence-corrected chi connectivity index (χ1v) is 4.90. The number of hydrogen-bond acceptors (Lipinski definition) is 6. The molecule has 2 rings (SSSR count). The minimum Gasteiger partial charge on any atom is -0.307 e. The first-order chi connectivity index (χ1) is 8.69. The van der Waals surface area contributed by atoms with E-state index in [0.717, 1.165) is 6.20 Å². The van der Waals surface area contributed by atoms with Crippen LogP contribution >= 0.6 is 0 Å². The van der Waals surface area contributed by atoms with Gasteiger partial charge in [-0.15, -0.1) is 0 Å². The van der Waals surface area contributed by atoms with Crippen LogP contribution in [0, 0.1) is 5.82 Å². The van der Waals surface area contributed by atoms with Gasteiger partial charge in [0.1, 0.15) is 17.3 Å². The van der Waals surface area contributed by atoms with Crippen LogP contribution < -0.4 is 16.6 Å². The number of halogens is 1. The van der Waals surface area contributed by atoms with Crippen LogP contribution in [0.2, 0.25) is 0 Å². The molecule has 0 aromatic carbocycles. The van der Waals surface area contributed by atoms with Gasteiger partial charge in [-0.2, -0.15) is 0 Å². The van der Waals surface area contributed by atoms with Gasteiger partial charge in [-0.05, 0) is 12.1 Å². The molecular weight excluding hydrogens is 239 g/mol. The predicted molar refractivity (Wildman–Crippen MR) is 62.0 cm³/mol. The van der Waals surface area contributed by atoms with E-state index in [1.807, 2.05) is 0 Å². The molecule has 92 valence electrons. The van der Waals surface area contributed by atoms with Gasteiger partial charge in [-0.1, -0.05) is 0 Å². The van der Waals surface area contributed by atoms with E-state index in [1.165, 1.54) is 24.5 Å². The van der Waals surface area contributed by atoms with Crippen molar-refractivity contribution in [3.8, 4) is 0 Å². The Balaban J connectivity index is 2.14. The first-order valence-electron chi connectivity index (χ1n) is 4.90. The van der Waals surface area contributed by atoms with Gasteiger partial charge < -0.3 is 10.7 Å². The molecule has 2 aromatic heterocycles. The van der Waals surface area contributed by atoms with Crippen molar-refractivity contribution in [2.45, 2.75) is 0 Å². The van der Waals surface area contributed by atoms with Crippen molar-refractivity contribution < 1.29 is 9.18 Å². The Bertz CT molecular complexity index is 559. The van der Waals surface area contributed by atoms with Gasteiger partial charge in [0.15, 0.2) is 5.82 Å². The molecule has 4 N–H and O–H groups in total. The Hall–Kier alpha value is -2.61. The van der Waals surface area contributed by atoms with Gasteiger partial charge in [-0.3, -0.25) is 9.78 Å². The summed E-state index contributed by atoms with van der Waals surface area (Å²) in [6.07, 6.45) is 3.64. The highest BCUT2D eigenvalue weighted by Gasteiger charge is 2.09. The highest BCUT2D eigenvalue weighted by atomic mass is 19.1. The molecule has 0 atom stereocenters. The molecule has 0 radical (unpaired) electrons. The van der Waals surface area contributed by atoms with Crippen LogP contribution in [-0.4, -0.2) is 20.9 Å². The number of pyridine rings is 1. The summed E-state index contributed by atoms with van der Waals surface area (Å²) in [6, 6.07) is 2.53. The predicted octanol–water partition coefficient (Wildman–Crippen LogP) is 0.549. The Morgan fingerprint density at radius 2 is 2.06 bits per heavy atom. The number of hydrazine groups is 1. The second kappa shape index (κ2) is 5.15. The number of nitrogen functional groups attached to an aromatic ring is 1. The van der Waals surface area contributed by atoms with E-state index in [4.69, 9.17) is 5.84 Å². The smallest absolute Gasteiger partial charge is 0.277 e. The summed E-state index contributed by atoms with van der Waals surface area (Å²) < 4.78 is 12.6. The fourth-order valence-corrected chi connectivity index (χ4v) is 1.18. The quantitative estimate of drug-likeness (QED) is 0.541. The maximum Gasteiger partial charge on any atom is 0.277 e. The van der Waals surface area contributed by atoms with Crippen molar-refractivity contribution in [1.82, 2.24) is 15.0 Å². The molecule has 0 saturated carbocycles. The van der Waals surface area contributed by atoms with Crippen LogP contribution in [0.1, 0.15) is 10.5 Å². The van der Waals surface area contributed by atoms with Crippen LogP contribution in [0.15, 0.2) is 30.7 Å². The average molecular weight is 248 g/mol. The highest BCUT2D eigenvalue weighted by molar-refractivity contribution is 6.02. The molecule has 0 spiro atoms. The lowest BCUT2D eigenvalue weighted by molar-refractivity contribution is 0.102. The molecule has 8 heteroatoms. The number of anilines is 2. The molecule has 0 aliphatic rings. The number of nitrogens with two attached hydrogens (primary N) is 1. The zero-order chi connectivity index (χ0) is 13.0. The van der Waals surface area contributed by atoms with Crippen molar-refractivity contribution in [2.24, 2.45) is 5.84 Å². The summed E-state index contributed by atoms with van der Waals surface area (Å²) in [6.45, 7) is 0. The van der Waals surface area contributed by atoms with E-state index in [1.54, 1.807) is 0 Å². The Morgan fingerprint density at radius 3 is 2.72 bits per heavy atom. The number of hydrogen-bond donors (Lipinski definition) is 3. The minimum absolute atomic E-state index is 0.0663. The first kappa shape index (κ1) is 11.9. The molecular formula is C10H9FN6O. The fourth-order valence-electron chi connectivity index (χ4n) is 1.18. The summed E-state index contributed by atoms with van der Waals surface area (Å²) in [5.74, 6) is 4.63. The van der Waals surface area contributed by atoms with Gasteiger partial charge in [-0.25, -0.2) is 20.2 Å². The number of amides is 1. The molecule has 18 heavy (non-hydrogen) atoms. The summed E-state index contributed by atoms with van der Waals surface area (Å²) in [4.78, 5) is 23.1. The van der Waals surface area contributed by atoms with Crippen LogP contribution in [0.4, 0.5) is 16.0 Å². The van der Waals surface area contributed by atoms with Crippen molar-refractivity contribution in [3.63, 3.8) is 0 Å². The molecule has 0 unspecified atom stereocenters. The van der Waals surface area contributed by atoms with Crippen molar-refractivity contribution in [3.05, 3.63) is 42.2 Å². The number of carbonyl (C=O) groups excluding carboxylic acids is 1. The molecule has 0 aliphatic carbocycles. The molecule has 0 fully saturated rings. The summed E-state index contributed by atoms with van der Waals surface area (Å²) in [7, 11) is 0. The molecule has 0 bridgehead atoms. The second-order valence-corrected chi connectivity index (χ2v) is 3.25. The lowest BCUT2D eigenvalue weighted by Gasteiger charge is -2.04. The van der Waals surface area contributed by atoms with Gasteiger partial charge >= 0.3 is 0 Å². The lowest BCUT2D eigenvalue weighted by atomic mass is 10.4. The van der Waals surface area contributed by atoms with E-state index >= 15 is 0 Å². The zero-order valence-corrected chi connectivity index (χ0v) is 9.09. The number of carbonyl (C=O) groups is 1. The van der Waals surface area contributed by atoms with E-state index in [2.05, 4.69) is 25.7 Å². The topological polar surface area (TPSA) is 106 Å². The number of nitrogens with one attached hydrogen (secondary N) is 2. The van der Waals surface area contributed by atoms with Gasteiger partial charge in [0, 0.05) is 0 Å². The number of nitrogens with zero attached hydrogens (tertiary/aromatic N) is 3. The zero-order valence-electron chi connectivity index (χ0n) is 9.09. The minimum atomic E-state index is -0.515. The largest absolute Gasteiger partial charge is 0.307 e. The van der Waals surface area contributed by atoms with Crippen LogP contribution in [0.25, 0.3) is 0 Å². The van der Waals surface area contributed by atoms with E-state index in [-0.39, 0.29) is 17.3 Å². The molecule has 0 saturated heterocycles. The third-order valence-corrected chi connectivity index (χ3v) is 1.98. The normalized spacial score (nSPS) is 9.89. The second-order valence-electron chi connectivity index (χ2n) is 3.25. The summed E-state index contributed by atoms with van der Waals surface area (Å²) >= 11 is 0. The van der Waals surface area contributed by atoms with Crippen molar-refractivity contribution in [2.75, 3.05) is 10.7 Å². The monoisotopic (exact) mass is 248 g/mol. The number of rotatable bonds is 3. The maximum atomic E-state index is 12.6. The highest BCUT2D eigenvalue weighted by Crippen LogP contribution is 2.06. The lowest BCUT2D eigenvalue weighted by Crippen LogP contribution is -2.17. The molecule has 7 nitrogen and oxygen atoms in total. The van der Waals surface area contributed by atoms with E-state index in [9.17, 15) is 9.18 Å². The van der Waals surface area contributed by atoms with Crippen LogP contribution in [0.5, 0.6) is 0 Å². The Labute approximate surface area is 101 Å². The Kier molecular flexibility index (Phi) is 3.39. The van der Waals surface area contributed by atoms with Gasteiger partial charge in [0.05, 0.1) is 18.6 Å². The molecule has 2 heterocycles. The van der Waals surface area contributed by atoms with Gasteiger partial charge in [0.2, 0.25) is 0 Å². The SMILES string of the molecule is NNc1cncc(C(=O)Nc2ccc(F)cn2)n1. The summed E-state index contributed by atoms with van der Waals surface area (Å²) in [5, 5.41) is 2.45. The van der Waals surface area contributed by atoms with E-state index in [0.29, 0.717) is 0 Å². The molecule has 1 amide bonds. The average Bonchev–Trinajstić information content (AvgIpc) is 2.41. The van der Waals surface area contributed by atoms with Crippen LogP contribution in [0.3, 0.4) is 0 Å². The number of aromatic nitrogens is 3. The standard InChI is InChI=1S/C10H9FN6O/c11-6-1-2-8(14-3-6)16-10(18)7-4-13-5-9(15-7)17-12/h1-5H,12H2,(H,15,17)(H,14,16,18). The van der Waals surface area contributed by atoms with Crippen molar-refractivity contribution >= 4 is 17.5 Å². The fraction of sp³-hybridized carbons (Fsp3) is 0. The Morgan fingerprint density at radius 1 is 1.22 bits per heavy atom. The molecule has 0 aliphatic heterocycles. The third-order valence-electron chi connectivity index (χ3n) is 1.98. The van der Waals surface area contributed by atoms with E-state index < -0.39 is 11.7 Å². The maximum absolute atomic E-state index is 12.6. The third kappa shape index (κ3) is 2.74.